The second-order valence-corrected chi connectivity index (χ2v) is 28.2. The summed E-state index contributed by atoms with van der Waals surface area (Å²) in [7, 11) is 0. The van der Waals surface area contributed by atoms with Gasteiger partial charge in [0.1, 0.15) is 17.2 Å². The smallest absolute Gasteiger partial charge is 0.387 e. The van der Waals surface area contributed by atoms with Gasteiger partial charge in [0.2, 0.25) is 0 Å². The van der Waals surface area contributed by atoms with Crippen molar-refractivity contribution < 1.29 is 40.6 Å². The second kappa shape index (κ2) is 47.2. The normalized spacial score (nSPS) is 18.1. The molecule has 534 valence electrons. The largest absolute Gasteiger partial charge is 0.435 e. The lowest BCUT2D eigenvalue weighted by Crippen LogP contribution is -2.13. The fourth-order valence-electron chi connectivity index (χ4n) is 14.6. The van der Waals surface area contributed by atoms with Crippen molar-refractivity contribution in [3.05, 3.63) is 196 Å². The molecule has 0 spiro atoms. The van der Waals surface area contributed by atoms with Crippen LogP contribution in [0.2, 0.25) is 0 Å². The van der Waals surface area contributed by atoms with E-state index in [-0.39, 0.29) is 17.2 Å². The lowest BCUT2D eigenvalue weighted by atomic mass is 9.77. The Labute approximate surface area is 593 Å². The van der Waals surface area contributed by atoms with Crippen LogP contribution >= 0.6 is 0 Å². The van der Waals surface area contributed by atoms with E-state index in [1.165, 1.54) is 284 Å². The highest BCUT2D eigenvalue weighted by Gasteiger charge is 2.25. The first-order chi connectivity index (χ1) is 48.4. The van der Waals surface area contributed by atoms with Gasteiger partial charge in [-0.15, -0.1) is 0 Å². The van der Waals surface area contributed by atoms with Gasteiger partial charge in [0, 0.05) is 33.4 Å². The number of unbranched alkanes of at least 4 members (excludes halogenated alkanes) is 18. The molecule has 6 aromatic rings. The SMILES string of the molecule is CCCCCCCCC1CCC(c2ccc(C#Cc3ccc(OC(F)F)cc3)cc2)CC1.CCCCCCCCCC1CCC(c2ccc(C#Cc3ccc(OC(F)F)cc3)cc2)CC1.CCCCCCCCCCC1CCC(c2ccc(C#Cc3ccc(OC(F)F)cc3)cc2)CC1. The van der Waals surface area contributed by atoms with Crippen molar-refractivity contribution in [3.63, 3.8) is 0 Å². The van der Waals surface area contributed by atoms with Gasteiger partial charge in [0.25, 0.3) is 0 Å². The highest BCUT2D eigenvalue weighted by molar-refractivity contribution is 5.48. The van der Waals surface area contributed by atoms with E-state index in [4.69, 9.17) is 0 Å². The van der Waals surface area contributed by atoms with Crippen LogP contribution in [0.5, 0.6) is 17.2 Å². The molecule has 0 atom stereocenters. The Bertz CT molecular complexity index is 3270. The van der Waals surface area contributed by atoms with E-state index in [1.807, 2.05) is 0 Å². The molecule has 0 heterocycles. The third-order valence-corrected chi connectivity index (χ3v) is 20.6. The topological polar surface area (TPSA) is 27.7 Å². The highest BCUT2D eigenvalue weighted by Crippen LogP contribution is 2.41. The number of hydrogen-bond acceptors (Lipinski definition) is 3. The summed E-state index contributed by atoms with van der Waals surface area (Å²) in [5.41, 5.74) is 9.55. The molecule has 3 aliphatic rings. The van der Waals surface area contributed by atoms with Gasteiger partial charge >= 0.3 is 19.8 Å². The van der Waals surface area contributed by atoms with Crippen LogP contribution < -0.4 is 14.2 Å². The minimum atomic E-state index is -2.81. The third kappa shape index (κ3) is 32.5. The molecule has 9 rings (SSSR count). The number of hydrogen-bond donors (Lipinski definition) is 0. The van der Waals surface area contributed by atoms with E-state index < -0.39 is 19.8 Å². The van der Waals surface area contributed by atoms with Crippen LogP contribution in [-0.4, -0.2) is 19.8 Å². The molecule has 6 aromatic carbocycles. The molecular formula is C90H114F6O3. The summed E-state index contributed by atoms with van der Waals surface area (Å²) < 4.78 is 86.5. The molecule has 9 heteroatoms. The molecular weight excluding hydrogens is 1240 g/mol. The monoisotopic (exact) mass is 1360 g/mol. The van der Waals surface area contributed by atoms with Gasteiger partial charge in [-0.25, -0.2) is 0 Å². The summed E-state index contributed by atoms with van der Waals surface area (Å²) in [5.74, 6) is 24.0. The van der Waals surface area contributed by atoms with Gasteiger partial charge in [-0.05, 0) is 238 Å². The summed E-state index contributed by atoms with van der Waals surface area (Å²) in [6.45, 7) is -1.58. The van der Waals surface area contributed by atoms with Gasteiger partial charge in [-0.2, -0.15) is 26.3 Å². The molecule has 3 fully saturated rings. The Kier molecular flexibility index (Phi) is 37.8. The molecule has 0 saturated heterocycles. The maximum Gasteiger partial charge on any atom is 0.387 e. The van der Waals surface area contributed by atoms with Gasteiger partial charge in [0.15, 0.2) is 0 Å². The molecule has 0 radical (unpaired) electrons. The maximum absolute atomic E-state index is 12.2. The van der Waals surface area contributed by atoms with Gasteiger partial charge in [-0.1, -0.05) is 247 Å². The Morgan fingerprint density at radius 3 is 0.626 bits per heavy atom. The molecule has 0 aromatic heterocycles. The number of benzene rings is 6. The standard InChI is InChI=1S/C31H40F2O.C30H38F2O.C29H36F2O/c1-2-3-4-5-6-7-8-9-10-25-13-19-28(20-14-25)29-21-15-26(16-22-29)11-12-27-17-23-30(24-18-27)34-31(32)33;1-2-3-4-5-6-7-8-9-24-12-18-27(19-13-24)28-20-14-25(15-21-28)10-11-26-16-22-29(23-17-26)33-30(31)32;1-2-3-4-5-6-7-8-23-11-17-26(18-12-23)27-19-13-24(14-20-27)9-10-25-15-21-28(22-16-25)32-29(30)31/h15-18,21-25,28,31H,2-10,13-14,19-20H2,1H3;14-17,20-24,27,30H,2-9,12-13,18-19H2,1H3;13-16,19-23,26,29H,2-8,11-12,17-18H2,1H3. The van der Waals surface area contributed by atoms with E-state index in [2.05, 4.69) is 143 Å². The number of alkyl halides is 6. The van der Waals surface area contributed by atoms with Crippen LogP contribution in [0, 0.1) is 53.3 Å². The molecule has 0 aliphatic heterocycles. The van der Waals surface area contributed by atoms with Gasteiger partial charge < -0.3 is 14.2 Å². The first-order valence-corrected chi connectivity index (χ1v) is 38.4. The average Bonchev–Trinajstić information content (AvgIpc) is 0.950. The first kappa shape index (κ1) is 79.3. The van der Waals surface area contributed by atoms with E-state index in [1.54, 1.807) is 36.4 Å². The summed E-state index contributed by atoms with van der Waals surface area (Å²) >= 11 is 0. The zero-order valence-electron chi connectivity index (χ0n) is 60.0. The molecule has 3 aliphatic carbocycles. The zero-order chi connectivity index (χ0) is 69.9. The van der Waals surface area contributed by atoms with Gasteiger partial charge in [0.05, 0.1) is 0 Å². The van der Waals surface area contributed by atoms with Crippen molar-refractivity contribution in [1.82, 2.24) is 0 Å². The quantitative estimate of drug-likeness (QED) is 0.0233. The predicted octanol–water partition coefficient (Wildman–Crippen LogP) is 27.3. The van der Waals surface area contributed by atoms with E-state index in [0.29, 0.717) is 17.8 Å². The first-order valence-electron chi connectivity index (χ1n) is 38.4. The van der Waals surface area contributed by atoms with Crippen LogP contribution in [0.4, 0.5) is 26.3 Å². The number of ether oxygens (including phenoxy) is 3. The van der Waals surface area contributed by atoms with E-state index in [9.17, 15) is 26.3 Å². The van der Waals surface area contributed by atoms with Crippen LogP contribution in [0.3, 0.4) is 0 Å². The summed E-state index contributed by atoms with van der Waals surface area (Å²) in [5, 5.41) is 0. The summed E-state index contributed by atoms with van der Waals surface area (Å²) in [6.07, 6.45) is 49.7. The zero-order valence-corrected chi connectivity index (χ0v) is 60.0. The van der Waals surface area contributed by atoms with Crippen molar-refractivity contribution in [2.45, 2.75) is 290 Å². The van der Waals surface area contributed by atoms with E-state index >= 15 is 0 Å². The second-order valence-electron chi connectivity index (χ2n) is 28.2. The van der Waals surface area contributed by atoms with E-state index in [0.717, 1.165) is 51.1 Å². The number of halogens is 6. The minimum absolute atomic E-state index is 0.150. The Morgan fingerprint density at radius 2 is 0.434 bits per heavy atom. The lowest BCUT2D eigenvalue weighted by molar-refractivity contribution is -0.0505. The van der Waals surface area contributed by atoms with Crippen LogP contribution in [0.15, 0.2) is 146 Å². The van der Waals surface area contributed by atoms with Crippen LogP contribution in [0.1, 0.15) is 320 Å². The molecule has 0 unspecified atom stereocenters. The molecule has 0 amide bonds. The Hall–Kier alpha value is -7.02. The van der Waals surface area contributed by atoms with Gasteiger partial charge in [-0.3, -0.25) is 0 Å². The number of rotatable bonds is 33. The molecule has 0 bridgehead atoms. The van der Waals surface area contributed by atoms with Crippen molar-refractivity contribution in [1.29, 1.82) is 0 Å². The summed E-state index contributed by atoms with van der Waals surface area (Å²) in [4.78, 5) is 0. The molecule has 0 N–H and O–H groups in total. The minimum Gasteiger partial charge on any atom is -0.435 e. The predicted molar refractivity (Wildman–Crippen MR) is 398 cm³/mol. The fourth-order valence-corrected chi connectivity index (χ4v) is 14.6. The average molecular weight is 1360 g/mol. The van der Waals surface area contributed by atoms with Crippen LogP contribution in [-0.2, 0) is 0 Å². The Balaban J connectivity index is 0.000000209. The fraction of sp³-hybridized carbons (Fsp3) is 0.533. The van der Waals surface area contributed by atoms with Crippen molar-refractivity contribution >= 4 is 0 Å². The van der Waals surface area contributed by atoms with Crippen molar-refractivity contribution in [2.24, 2.45) is 17.8 Å². The highest BCUT2D eigenvalue weighted by atomic mass is 19.3. The summed E-state index contributed by atoms with van der Waals surface area (Å²) in [6, 6.07) is 45.2. The lowest BCUT2D eigenvalue weighted by Gasteiger charge is -2.29. The third-order valence-electron chi connectivity index (χ3n) is 20.6. The van der Waals surface area contributed by atoms with Crippen LogP contribution in [0.25, 0.3) is 0 Å². The molecule has 3 saturated carbocycles. The molecule has 3 nitrogen and oxygen atoms in total. The van der Waals surface area contributed by atoms with Crippen molar-refractivity contribution in [2.75, 3.05) is 0 Å². The van der Waals surface area contributed by atoms with Crippen molar-refractivity contribution in [3.8, 4) is 52.8 Å². The Morgan fingerprint density at radius 1 is 0.253 bits per heavy atom. The molecule has 99 heavy (non-hydrogen) atoms. The maximum atomic E-state index is 12.2.